The highest BCUT2D eigenvalue weighted by atomic mass is 35.5. The van der Waals surface area contributed by atoms with Gasteiger partial charge in [0.1, 0.15) is 6.33 Å². The van der Waals surface area contributed by atoms with E-state index in [1.54, 1.807) is 30.3 Å². The predicted molar refractivity (Wildman–Crippen MR) is 111 cm³/mol. The van der Waals surface area contributed by atoms with E-state index >= 15 is 0 Å². The molecule has 0 aliphatic rings. The first-order chi connectivity index (χ1) is 14.1. The maximum absolute atomic E-state index is 12.2. The normalized spacial score (nSPS) is 11.1. The Bertz CT molecular complexity index is 1200. The molecule has 2 heterocycles. The molecule has 2 amide bonds. The van der Waals surface area contributed by atoms with E-state index < -0.39 is 11.8 Å². The van der Waals surface area contributed by atoms with E-state index in [0.29, 0.717) is 16.3 Å². The number of thiophene rings is 1. The van der Waals surface area contributed by atoms with Crippen molar-refractivity contribution in [3.05, 3.63) is 76.4 Å². The quantitative estimate of drug-likeness (QED) is 0.387. The molecule has 0 aliphatic heterocycles. The van der Waals surface area contributed by atoms with E-state index in [4.69, 9.17) is 11.6 Å². The number of rotatable bonds is 4. The number of hydrogen-bond acceptors (Lipinski definition) is 6. The van der Waals surface area contributed by atoms with Crippen molar-refractivity contribution in [3.8, 4) is 5.69 Å². The largest absolute Gasteiger partial charge is 0.269 e. The van der Waals surface area contributed by atoms with Crippen LogP contribution in [-0.4, -0.2) is 32.0 Å². The molecule has 4 aromatic rings. The van der Waals surface area contributed by atoms with Gasteiger partial charge in [0.2, 0.25) is 0 Å². The molecular formula is C19H13ClN6O2S. The molecule has 0 aliphatic carbocycles. The first-order valence-corrected chi connectivity index (χ1v) is 9.60. The smallest absolute Gasteiger partial charge is 0.268 e. The van der Waals surface area contributed by atoms with Gasteiger partial charge >= 0.3 is 0 Å². The minimum atomic E-state index is -0.475. The number of carbonyl (C=O) groups excluding carboxylic acids is 2. The highest BCUT2D eigenvalue weighted by Crippen LogP contribution is 2.35. The molecule has 0 bridgehead atoms. The maximum Gasteiger partial charge on any atom is 0.269 e. The van der Waals surface area contributed by atoms with Gasteiger partial charge in [-0.05, 0) is 46.8 Å². The number of fused-ring (bicyclic) bond motifs is 1. The molecule has 0 fully saturated rings. The van der Waals surface area contributed by atoms with Crippen LogP contribution in [0.25, 0.3) is 21.8 Å². The standard InChI is InChI=1S/C19H13ClN6O2S/c20-18-14-3-1-2-4-15(14)29-16(18)9-10-17(27)22-23-19(28)12-5-7-13(8-6-12)26-11-21-24-25-26/h1-11H,(H,22,27)(H,23,28)/b10-9+. The summed E-state index contributed by atoms with van der Waals surface area (Å²) in [6.45, 7) is 0. The first-order valence-electron chi connectivity index (χ1n) is 8.40. The molecule has 29 heavy (non-hydrogen) atoms. The van der Waals surface area contributed by atoms with Crippen LogP contribution in [0.4, 0.5) is 0 Å². The monoisotopic (exact) mass is 424 g/mol. The van der Waals surface area contributed by atoms with Gasteiger partial charge in [-0.25, -0.2) is 4.68 Å². The number of nitrogens with one attached hydrogen (secondary N) is 2. The lowest BCUT2D eigenvalue weighted by molar-refractivity contribution is -0.117. The van der Waals surface area contributed by atoms with Crippen molar-refractivity contribution in [3.63, 3.8) is 0 Å². The van der Waals surface area contributed by atoms with Crippen molar-refractivity contribution in [2.45, 2.75) is 0 Å². The number of aromatic nitrogens is 4. The molecule has 144 valence electrons. The van der Waals surface area contributed by atoms with E-state index in [0.717, 1.165) is 15.0 Å². The minimum absolute atomic E-state index is 0.374. The van der Waals surface area contributed by atoms with Crippen molar-refractivity contribution in [2.24, 2.45) is 0 Å². The van der Waals surface area contributed by atoms with Crippen LogP contribution in [0.1, 0.15) is 15.2 Å². The topological polar surface area (TPSA) is 102 Å². The van der Waals surface area contributed by atoms with Crippen molar-refractivity contribution in [1.82, 2.24) is 31.1 Å². The fraction of sp³-hybridized carbons (Fsp3) is 0. The van der Waals surface area contributed by atoms with Crippen LogP contribution in [0.2, 0.25) is 5.02 Å². The summed E-state index contributed by atoms with van der Waals surface area (Å²) in [6, 6.07) is 14.3. The summed E-state index contributed by atoms with van der Waals surface area (Å²) in [6.07, 6.45) is 4.39. The van der Waals surface area contributed by atoms with Crippen LogP contribution < -0.4 is 10.9 Å². The van der Waals surface area contributed by atoms with Crippen LogP contribution in [0.15, 0.2) is 60.9 Å². The first kappa shape index (κ1) is 18.8. The Morgan fingerprint density at radius 1 is 1.07 bits per heavy atom. The van der Waals surface area contributed by atoms with E-state index in [1.165, 1.54) is 28.4 Å². The van der Waals surface area contributed by atoms with Crippen molar-refractivity contribution < 1.29 is 9.59 Å². The number of nitrogens with zero attached hydrogens (tertiary/aromatic N) is 4. The third-order valence-corrected chi connectivity index (χ3v) is 5.64. The SMILES string of the molecule is O=C(/C=C/c1sc2ccccc2c1Cl)NNC(=O)c1ccc(-n2cnnn2)cc1. The van der Waals surface area contributed by atoms with Gasteiger partial charge in [0, 0.05) is 26.6 Å². The zero-order valence-corrected chi connectivity index (χ0v) is 16.3. The molecule has 0 atom stereocenters. The lowest BCUT2D eigenvalue weighted by Crippen LogP contribution is -2.40. The van der Waals surface area contributed by atoms with Gasteiger partial charge in [-0.3, -0.25) is 20.4 Å². The maximum atomic E-state index is 12.2. The molecular weight excluding hydrogens is 412 g/mol. The Kier molecular flexibility index (Phi) is 5.32. The highest BCUT2D eigenvalue weighted by molar-refractivity contribution is 7.20. The second-order valence-electron chi connectivity index (χ2n) is 5.85. The predicted octanol–water partition coefficient (Wildman–Crippen LogP) is 3.00. The van der Waals surface area contributed by atoms with Crippen LogP contribution >= 0.6 is 22.9 Å². The molecule has 2 aromatic carbocycles. The molecule has 0 saturated carbocycles. The number of halogens is 1. The molecule has 0 unspecified atom stereocenters. The molecule has 0 saturated heterocycles. The van der Waals surface area contributed by atoms with Crippen LogP contribution in [0.5, 0.6) is 0 Å². The number of carbonyl (C=O) groups is 2. The van der Waals surface area contributed by atoms with Gasteiger partial charge in [-0.1, -0.05) is 29.8 Å². The Hall–Kier alpha value is -3.56. The van der Waals surface area contributed by atoms with Gasteiger partial charge in [-0.15, -0.1) is 16.4 Å². The second-order valence-corrected chi connectivity index (χ2v) is 7.32. The summed E-state index contributed by atoms with van der Waals surface area (Å²) >= 11 is 7.83. The van der Waals surface area contributed by atoms with Crippen molar-refractivity contribution in [1.29, 1.82) is 0 Å². The summed E-state index contributed by atoms with van der Waals surface area (Å²) in [4.78, 5) is 25.0. The lowest BCUT2D eigenvalue weighted by atomic mass is 10.2. The molecule has 0 spiro atoms. The number of benzene rings is 2. The number of tetrazole rings is 1. The average Bonchev–Trinajstić information content (AvgIpc) is 3.39. The van der Waals surface area contributed by atoms with E-state index in [2.05, 4.69) is 26.4 Å². The van der Waals surface area contributed by atoms with Crippen LogP contribution in [0, 0.1) is 0 Å². The minimum Gasteiger partial charge on any atom is -0.268 e. The number of hydrogen-bond donors (Lipinski definition) is 2. The van der Waals surface area contributed by atoms with Gasteiger partial charge in [0.05, 0.1) is 10.7 Å². The molecule has 8 nitrogen and oxygen atoms in total. The Morgan fingerprint density at radius 2 is 1.86 bits per heavy atom. The molecule has 0 radical (unpaired) electrons. The highest BCUT2D eigenvalue weighted by Gasteiger charge is 2.09. The molecule has 2 aromatic heterocycles. The zero-order chi connectivity index (χ0) is 20.2. The summed E-state index contributed by atoms with van der Waals surface area (Å²) in [5, 5.41) is 12.4. The lowest BCUT2D eigenvalue weighted by Gasteiger charge is -2.06. The van der Waals surface area contributed by atoms with Crippen LogP contribution in [0.3, 0.4) is 0 Å². The zero-order valence-electron chi connectivity index (χ0n) is 14.7. The average molecular weight is 425 g/mol. The third-order valence-electron chi connectivity index (χ3n) is 3.99. The fourth-order valence-electron chi connectivity index (χ4n) is 2.57. The van der Waals surface area contributed by atoms with Gasteiger partial charge in [0.25, 0.3) is 11.8 Å². The Morgan fingerprint density at radius 3 is 2.59 bits per heavy atom. The molecule has 2 N–H and O–H groups in total. The van der Waals surface area contributed by atoms with E-state index in [1.807, 2.05) is 24.3 Å². The van der Waals surface area contributed by atoms with Gasteiger partial charge < -0.3 is 0 Å². The van der Waals surface area contributed by atoms with Gasteiger partial charge in [0.15, 0.2) is 0 Å². The number of hydrazine groups is 1. The second kappa shape index (κ2) is 8.21. The molecule has 10 heteroatoms. The summed E-state index contributed by atoms with van der Waals surface area (Å²) in [5.41, 5.74) is 5.79. The third kappa shape index (κ3) is 4.15. The van der Waals surface area contributed by atoms with E-state index in [-0.39, 0.29) is 0 Å². The summed E-state index contributed by atoms with van der Waals surface area (Å²) < 4.78 is 2.50. The molecule has 4 rings (SSSR count). The van der Waals surface area contributed by atoms with E-state index in [9.17, 15) is 9.59 Å². The fourth-order valence-corrected chi connectivity index (χ4v) is 3.97. The Labute approximate surface area is 173 Å². The number of amides is 2. The summed E-state index contributed by atoms with van der Waals surface area (Å²) in [7, 11) is 0. The van der Waals surface area contributed by atoms with Gasteiger partial charge in [-0.2, -0.15) is 0 Å². The van der Waals surface area contributed by atoms with Crippen LogP contribution in [-0.2, 0) is 4.79 Å². The van der Waals surface area contributed by atoms with Crippen molar-refractivity contribution in [2.75, 3.05) is 0 Å². The Balaban J connectivity index is 1.35. The summed E-state index contributed by atoms with van der Waals surface area (Å²) in [5.74, 6) is -0.924. The van der Waals surface area contributed by atoms with Crippen molar-refractivity contribution >= 4 is 50.9 Å².